The SMILES string of the molecule is CCCCCCCCCCCCCCCOC(=O)N[C@@H](CNC1CO[C@@H](OC(C)=O)C1)CC(C)C. The van der Waals surface area contributed by atoms with E-state index >= 15 is 0 Å². The zero-order valence-corrected chi connectivity index (χ0v) is 23.1. The Balaban J connectivity index is 2.05. The van der Waals surface area contributed by atoms with Crippen molar-refractivity contribution < 1.29 is 23.8 Å². The molecule has 7 nitrogen and oxygen atoms in total. The Labute approximate surface area is 214 Å². The van der Waals surface area contributed by atoms with Crippen LogP contribution >= 0.6 is 0 Å². The number of amides is 1. The van der Waals surface area contributed by atoms with E-state index in [2.05, 4.69) is 31.4 Å². The molecule has 0 aromatic heterocycles. The molecule has 1 rings (SSSR count). The summed E-state index contributed by atoms with van der Waals surface area (Å²) in [6, 6.07) is 0.0968. The van der Waals surface area contributed by atoms with E-state index < -0.39 is 6.29 Å². The van der Waals surface area contributed by atoms with Crippen molar-refractivity contribution in [3.8, 4) is 0 Å². The van der Waals surface area contributed by atoms with Gasteiger partial charge in [-0.25, -0.2) is 4.79 Å². The second kappa shape index (κ2) is 20.8. The van der Waals surface area contributed by atoms with Gasteiger partial charge in [0.2, 0.25) is 6.29 Å². The Hall–Kier alpha value is -1.34. The fraction of sp³-hybridized carbons (Fsp3) is 0.929. The molecular formula is C28H54N2O5. The normalized spacial score (nSPS) is 18.5. The summed E-state index contributed by atoms with van der Waals surface area (Å²) in [5, 5.41) is 6.44. The van der Waals surface area contributed by atoms with Gasteiger partial charge in [0.15, 0.2) is 0 Å². The Morgan fingerprint density at radius 1 is 0.914 bits per heavy atom. The number of rotatable bonds is 21. The molecule has 1 aliphatic rings. The zero-order chi connectivity index (χ0) is 25.7. The Morgan fingerprint density at radius 3 is 2.03 bits per heavy atom. The van der Waals surface area contributed by atoms with Crippen LogP contribution < -0.4 is 10.6 Å². The standard InChI is InChI=1S/C28H54N2O5/c1-5-6-7-8-9-10-11-12-13-14-15-16-17-18-33-28(32)30-25(19-23(2)3)21-29-26-20-27(34-22-26)35-24(4)31/h23,25-27,29H,5-22H2,1-4H3,(H,30,32)/t25-,26?,27+/m1/s1. The van der Waals surface area contributed by atoms with Crippen molar-refractivity contribution in [3.05, 3.63) is 0 Å². The minimum absolute atomic E-state index is 0.0121. The zero-order valence-electron chi connectivity index (χ0n) is 23.1. The van der Waals surface area contributed by atoms with E-state index in [4.69, 9.17) is 14.2 Å². The molecule has 0 radical (unpaired) electrons. The van der Waals surface area contributed by atoms with Gasteiger partial charge in [-0.1, -0.05) is 97.8 Å². The molecular weight excluding hydrogens is 444 g/mol. The third-order valence-electron chi connectivity index (χ3n) is 6.47. The first kappa shape index (κ1) is 31.7. The van der Waals surface area contributed by atoms with E-state index in [0.717, 1.165) is 19.3 Å². The first-order chi connectivity index (χ1) is 16.9. The topological polar surface area (TPSA) is 85.9 Å². The fourth-order valence-electron chi connectivity index (χ4n) is 4.57. The van der Waals surface area contributed by atoms with Crippen LogP contribution in [0.3, 0.4) is 0 Å². The molecule has 1 amide bonds. The highest BCUT2D eigenvalue weighted by atomic mass is 16.7. The van der Waals surface area contributed by atoms with Crippen LogP contribution in [0.2, 0.25) is 0 Å². The van der Waals surface area contributed by atoms with Crippen molar-refractivity contribution in [2.75, 3.05) is 19.8 Å². The van der Waals surface area contributed by atoms with Gasteiger partial charge in [-0.3, -0.25) is 4.79 Å². The third-order valence-corrected chi connectivity index (χ3v) is 6.47. The average Bonchev–Trinajstić information content (AvgIpc) is 3.24. The lowest BCUT2D eigenvalue weighted by Crippen LogP contribution is -2.46. The summed E-state index contributed by atoms with van der Waals surface area (Å²) in [7, 11) is 0. The third kappa shape index (κ3) is 18.6. The molecule has 0 aliphatic carbocycles. The Kier molecular flexibility index (Phi) is 18.8. The van der Waals surface area contributed by atoms with Crippen LogP contribution in [0.1, 0.15) is 124 Å². The van der Waals surface area contributed by atoms with Gasteiger partial charge in [-0.15, -0.1) is 0 Å². The molecule has 0 aromatic rings. The Bertz CT molecular complexity index is 543. The van der Waals surface area contributed by atoms with E-state index in [1.54, 1.807) is 0 Å². The fourth-order valence-corrected chi connectivity index (χ4v) is 4.57. The summed E-state index contributed by atoms with van der Waals surface area (Å²) in [5.41, 5.74) is 0. The van der Waals surface area contributed by atoms with Gasteiger partial charge >= 0.3 is 12.1 Å². The quantitative estimate of drug-likeness (QED) is 0.139. The largest absolute Gasteiger partial charge is 0.450 e. The van der Waals surface area contributed by atoms with E-state index in [9.17, 15) is 9.59 Å². The molecule has 35 heavy (non-hydrogen) atoms. The highest BCUT2D eigenvalue weighted by Crippen LogP contribution is 2.15. The smallest absolute Gasteiger partial charge is 0.407 e. The minimum atomic E-state index is -0.480. The molecule has 1 fully saturated rings. The summed E-state index contributed by atoms with van der Waals surface area (Å²) in [5.74, 6) is 0.123. The molecule has 0 saturated carbocycles. The van der Waals surface area contributed by atoms with E-state index in [0.29, 0.717) is 32.1 Å². The molecule has 1 heterocycles. The van der Waals surface area contributed by atoms with E-state index in [1.807, 2.05) is 0 Å². The van der Waals surface area contributed by atoms with Crippen molar-refractivity contribution in [1.82, 2.24) is 10.6 Å². The molecule has 7 heteroatoms. The number of esters is 1. The van der Waals surface area contributed by atoms with Crippen molar-refractivity contribution in [1.29, 1.82) is 0 Å². The van der Waals surface area contributed by atoms with Crippen LogP contribution in [0.25, 0.3) is 0 Å². The lowest BCUT2D eigenvalue weighted by molar-refractivity contribution is -0.166. The van der Waals surface area contributed by atoms with Crippen LogP contribution in [0.15, 0.2) is 0 Å². The van der Waals surface area contributed by atoms with Crippen LogP contribution in [0, 0.1) is 5.92 Å². The molecule has 3 atom stereocenters. The average molecular weight is 499 g/mol. The van der Waals surface area contributed by atoms with Crippen LogP contribution in [0.4, 0.5) is 4.79 Å². The van der Waals surface area contributed by atoms with Crippen LogP contribution in [-0.4, -0.2) is 50.2 Å². The van der Waals surface area contributed by atoms with Crippen molar-refractivity contribution >= 4 is 12.1 Å². The predicted molar refractivity (Wildman–Crippen MR) is 141 cm³/mol. The summed E-state index contributed by atoms with van der Waals surface area (Å²) >= 11 is 0. The maximum absolute atomic E-state index is 12.3. The number of ether oxygens (including phenoxy) is 3. The maximum atomic E-state index is 12.3. The number of unbranched alkanes of at least 4 members (excludes halogenated alkanes) is 12. The van der Waals surface area contributed by atoms with Gasteiger partial charge in [0.1, 0.15) is 0 Å². The maximum Gasteiger partial charge on any atom is 0.407 e. The first-order valence-corrected chi connectivity index (χ1v) is 14.4. The van der Waals surface area contributed by atoms with Gasteiger partial charge in [-0.2, -0.15) is 0 Å². The molecule has 206 valence electrons. The highest BCUT2D eigenvalue weighted by molar-refractivity contribution is 5.67. The first-order valence-electron chi connectivity index (χ1n) is 14.4. The molecule has 1 aliphatic heterocycles. The van der Waals surface area contributed by atoms with Crippen LogP contribution in [-0.2, 0) is 19.0 Å². The highest BCUT2D eigenvalue weighted by Gasteiger charge is 2.28. The monoisotopic (exact) mass is 498 g/mol. The van der Waals surface area contributed by atoms with Gasteiger partial charge in [0.05, 0.1) is 13.2 Å². The predicted octanol–water partition coefficient (Wildman–Crippen LogP) is 6.49. The second-order valence-electron chi connectivity index (χ2n) is 10.6. The number of alkyl carbamates (subject to hydrolysis) is 1. The molecule has 0 spiro atoms. The number of hydrogen-bond acceptors (Lipinski definition) is 6. The van der Waals surface area contributed by atoms with Crippen molar-refractivity contribution in [3.63, 3.8) is 0 Å². The van der Waals surface area contributed by atoms with Gasteiger partial charge in [-0.05, 0) is 18.8 Å². The van der Waals surface area contributed by atoms with E-state index in [-0.39, 0.29) is 24.1 Å². The van der Waals surface area contributed by atoms with Gasteiger partial charge < -0.3 is 24.8 Å². The lowest BCUT2D eigenvalue weighted by Gasteiger charge is -2.22. The summed E-state index contributed by atoms with van der Waals surface area (Å²) in [4.78, 5) is 23.4. The van der Waals surface area contributed by atoms with Crippen molar-refractivity contribution in [2.24, 2.45) is 5.92 Å². The molecule has 1 saturated heterocycles. The van der Waals surface area contributed by atoms with Crippen molar-refractivity contribution in [2.45, 2.75) is 142 Å². The van der Waals surface area contributed by atoms with Gasteiger partial charge in [0.25, 0.3) is 0 Å². The second-order valence-corrected chi connectivity index (χ2v) is 10.6. The van der Waals surface area contributed by atoms with E-state index in [1.165, 1.54) is 77.6 Å². The minimum Gasteiger partial charge on any atom is -0.450 e. The number of carbonyl (C=O) groups is 2. The molecule has 0 aromatic carbocycles. The molecule has 0 bridgehead atoms. The summed E-state index contributed by atoms with van der Waals surface area (Å²) in [6.45, 7) is 9.54. The number of hydrogen-bond donors (Lipinski definition) is 2. The Morgan fingerprint density at radius 2 is 1.49 bits per heavy atom. The summed E-state index contributed by atoms with van der Waals surface area (Å²) < 4.78 is 16.0. The number of nitrogens with one attached hydrogen (secondary N) is 2. The lowest BCUT2D eigenvalue weighted by atomic mass is 10.0. The van der Waals surface area contributed by atoms with Gasteiger partial charge in [0, 0.05) is 32.0 Å². The molecule has 1 unspecified atom stereocenters. The number of carbonyl (C=O) groups excluding carboxylic acids is 2. The summed E-state index contributed by atoms with van der Waals surface area (Å²) in [6.07, 6.45) is 17.6. The van der Waals surface area contributed by atoms with Crippen LogP contribution in [0.5, 0.6) is 0 Å². The molecule has 2 N–H and O–H groups in total.